The zero-order valence-electron chi connectivity index (χ0n) is 16.3. The van der Waals surface area contributed by atoms with Crippen molar-refractivity contribution < 1.29 is 20.5 Å². The predicted molar refractivity (Wildman–Crippen MR) is 112 cm³/mol. The summed E-state index contributed by atoms with van der Waals surface area (Å²) >= 11 is 0. The van der Waals surface area contributed by atoms with E-state index in [1.54, 1.807) is 6.92 Å². The van der Waals surface area contributed by atoms with Crippen LogP contribution in [0.5, 0.6) is 0 Å². The fraction of sp³-hybridized carbons (Fsp3) is 0.421. The number of carbonyl (C=O) groups is 1. The lowest BCUT2D eigenvalue weighted by atomic mass is 10.2. The summed E-state index contributed by atoms with van der Waals surface area (Å²) < 4.78 is 44.4. The van der Waals surface area contributed by atoms with E-state index in [1.807, 2.05) is 0 Å². The maximum atomic E-state index is 14.8. The van der Waals surface area contributed by atoms with E-state index in [2.05, 4.69) is 16.7 Å². The topological polar surface area (TPSA) is 119 Å². The summed E-state index contributed by atoms with van der Waals surface area (Å²) in [6.45, 7) is 5.21. The molecule has 0 aliphatic heterocycles. The number of fused-ring (bicyclic) bond motifs is 1. The highest BCUT2D eigenvalue weighted by Gasteiger charge is 2.42. The van der Waals surface area contributed by atoms with Crippen molar-refractivity contribution in [3.05, 3.63) is 51.4 Å². The SMILES string of the molecule is C=CC(=O)Nn1c(=O)c2cc(S(=O)(=O)NC3(C)CC3)c(F)cc2n(CC2CC2)c1=O.[HH].[HH]. The van der Waals surface area contributed by atoms with Crippen LogP contribution in [-0.4, -0.2) is 29.1 Å². The van der Waals surface area contributed by atoms with E-state index in [-0.39, 0.29) is 26.2 Å². The number of hydrogen-bond acceptors (Lipinski definition) is 5. The van der Waals surface area contributed by atoms with Crippen molar-refractivity contribution in [3.8, 4) is 0 Å². The second kappa shape index (κ2) is 6.88. The number of rotatable bonds is 7. The van der Waals surface area contributed by atoms with Gasteiger partial charge in [-0.3, -0.25) is 19.6 Å². The molecule has 1 heterocycles. The molecule has 30 heavy (non-hydrogen) atoms. The van der Waals surface area contributed by atoms with Gasteiger partial charge in [0, 0.05) is 14.9 Å². The summed E-state index contributed by atoms with van der Waals surface area (Å²) in [4.78, 5) is 36.8. The predicted octanol–water partition coefficient (Wildman–Crippen LogP) is 1.29. The molecule has 1 aromatic carbocycles. The van der Waals surface area contributed by atoms with Gasteiger partial charge in [0.1, 0.15) is 10.7 Å². The van der Waals surface area contributed by atoms with Crippen LogP contribution in [0.4, 0.5) is 4.39 Å². The Morgan fingerprint density at radius 2 is 2.03 bits per heavy atom. The Morgan fingerprint density at radius 3 is 2.60 bits per heavy atom. The van der Waals surface area contributed by atoms with Crippen LogP contribution < -0.4 is 21.4 Å². The van der Waals surface area contributed by atoms with Gasteiger partial charge in [-0.2, -0.15) is 4.68 Å². The van der Waals surface area contributed by atoms with Crippen LogP contribution in [0.3, 0.4) is 0 Å². The maximum absolute atomic E-state index is 14.8. The number of sulfonamides is 1. The molecule has 9 nitrogen and oxygen atoms in total. The fourth-order valence-corrected chi connectivity index (χ4v) is 4.78. The van der Waals surface area contributed by atoms with Gasteiger partial charge in [0.05, 0.1) is 10.9 Å². The van der Waals surface area contributed by atoms with E-state index in [0.29, 0.717) is 17.5 Å². The van der Waals surface area contributed by atoms with Crippen molar-refractivity contribution in [1.82, 2.24) is 14.0 Å². The van der Waals surface area contributed by atoms with Gasteiger partial charge in [-0.25, -0.2) is 22.3 Å². The summed E-state index contributed by atoms with van der Waals surface area (Å²) in [6.07, 6.45) is 3.90. The molecule has 0 saturated heterocycles. The largest absolute Gasteiger partial charge is 0.350 e. The highest BCUT2D eigenvalue weighted by Crippen LogP contribution is 2.36. The third-order valence-corrected chi connectivity index (χ3v) is 7.07. The van der Waals surface area contributed by atoms with Crippen LogP contribution >= 0.6 is 0 Å². The minimum absolute atomic E-state index is 0. The third-order valence-electron chi connectivity index (χ3n) is 5.41. The summed E-state index contributed by atoms with van der Waals surface area (Å²) in [5, 5.41) is -0.192. The molecule has 0 radical (unpaired) electrons. The number of benzene rings is 1. The first-order valence-corrected chi connectivity index (χ1v) is 11.0. The number of hydrogen-bond donors (Lipinski definition) is 2. The van der Waals surface area contributed by atoms with Gasteiger partial charge in [-0.1, -0.05) is 6.58 Å². The standard InChI is InChI=1S/C19H21FN4O5S.2H2/c1-3-16(25)21-24-17(26)12-8-15(30(28,29)22-19(2)6-7-19)13(20)9-14(12)23(18(24)27)10-11-4-5-11;;/h3,8-9,11,22H,1,4-7,10H2,2H3,(H,21,25);2*1H. The van der Waals surface area contributed by atoms with Crippen molar-refractivity contribution in [2.45, 2.75) is 49.6 Å². The minimum Gasteiger partial charge on any atom is -0.291 e. The Kier molecular flexibility index (Phi) is 4.70. The molecule has 11 heteroatoms. The summed E-state index contributed by atoms with van der Waals surface area (Å²) in [5.74, 6) is -1.66. The Morgan fingerprint density at radius 1 is 1.37 bits per heavy atom. The minimum atomic E-state index is -4.23. The van der Waals surface area contributed by atoms with E-state index in [0.717, 1.165) is 31.1 Å². The van der Waals surface area contributed by atoms with Crippen molar-refractivity contribution >= 4 is 26.8 Å². The van der Waals surface area contributed by atoms with Gasteiger partial charge >= 0.3 is 5.69 Å². The van der Waals surface area contributed by atoms with Gasteiger partial charge < -0.3 is 0 Å². The van der Waals surface area contributed by atoms with Crippen molar-refractivity contribution in [2.24, 2.45) is 5.92 Å². The molecule has 4 rings (SSSR count). The van der Waals surface area contributed by atoms with E-state index in [9.17, 15) is 27.2 Å². The molecule has 0 unspecified atom stereocenters. The molecule has 0 bridgehead atoms. The Balaban J connectivity index is 0.00000181. The lowest BCUT2D eigenvalue weighted by Gasteiger charge is -2.16. The van der Waals surface area contributed by atoms with E-state index in [4.69, 9.17) is 0 Å². The molecule has 2 saturated carbocycles. The Bertz CT molecular complexity index is 1310. The number of halogens is 1. The van der Waals surface area contributed by atoms with Crippen LogP contribution in [0.2, 0.25) is 0 Å². The second-order valence-corrected chi connectivity index (χ2v) is 9.77. The normalized spacial score (nSPS) is 17.7. The van der Waals surface area contributed by atoms with Crippen LogP contribution in [0, 0.1) is 11.7 Å². The highest BCUT2D eigenvalue weighted by atomic mass is 32.2. The van der Waals surface area contributed by atoms with Crippen LogP contribution in [0.1, 0.15) is 35.5 Å². The number of aromatic nitrogens is 2. The lowest BCUT2D eigenvalue weighted by molar-refractivity contribution is -0.112. The number of nitrogens with zero attached hydrogens (tertiary/aromatic N) is 2. The first-order valence-electron chi connectivity index (χ1n) is 9.51. The summed E-state index contributed by atoms with van der Waals surface area (Å²) in [5.41, 5.74) is -0.316. The molecule has 2 fully saturated rings. The molecule has 0 atom stereocenters. The second-order valence-electron chi connectivity index (χ2n) is 8.12. The average Bonchev–Trinajstić information content (AvgIpc) is 3.60. The monoisotopic (exact) mass is 440 g/mol. The van der Waals surface area contributed by atoms with Crippen LogP contribution in [0.25, 0.3) is 10.9 Å². The maximum Gasteiger partial charge on any atom is 0.350 e. The van der Waals surface area contributed by atoms with Crippen molar-refractivity contribution in [3.63, 3.8) is 0 Å². The number of carbonyl (C=O) groups excluding carboxylic acids is 1. The zero-order chi connectivity index (χ0) is 21.8. The lowest BCUT2D eigenvalue weighted by Crippen LogP contribution is -2.46. The molecule has 2 N–H and O–H groups in total. The molecule has 1 aromatic heterocycles. The van der Waals surface area contributed by atoms with Crippen LogP contribution in [-0.2, 0) is 21.4 Å². The van der Waals surface area contributed by atoms with Gasteiger partial charge in [0.15, 0.2) is 0 Å². The summed E-state index contributed by atoms with van der Waals surface area (Å²) in [6, 6.07) is 1.81. The third kappa shape index (κ3) is 3.70. The molecular weight excluding hydrogens is 415 g/mol. The van der Waals surface area contributed by atoms with E-state index >= 15 is 0 Å². The summed E-state index contributed by atoms with van der Waals surface area (Å²) in [7, 11) is -4.23. The molecular formula is C19H25FN4O5S. The van der Waals surface area contributed by atoms with Gasteiger partial charge in [0.2, 0.25) is 10.0 Å². The van der Waals surface area contributed by atoms with Gasteiger partial charge in [0.25, 0.3) is 11.5 Å². The van der Waals surface area contributed by atoms with Gasteiger partial charge in [-0.05, 0) is 56.7 Å². The molecule has 2 aliphatic rings. The van der Waals surface area contributed by atoms with Crippen molar-refractivity contribution in [1.29, 1.82) is 0 Å². The molecule has 1 amide bonds. The van der Waals surface area contributed by atoms with E-state index < -0.39 is 43.4 Å². The smallest absolute Gasteiger partial charge is 0.291 e. The first kappa shape index (κ1) is 20.5. The zero-order valence-corrected chi connectivity index (χ0v) is 17.1. The number of amides is 1. The molecule has 2 aliphatic carbocycles. The van der Waals surface area contributed by atoms with E-state index in [1.165, 1.54) is 4.57 Å². The molecule has 0 spiro atoms. The Hall–Kier alpha value is -2.79. The Labute approximate surface area is 174 Å². The van der Waals surface area contributed by atoms with Gasteiger partial charge in [-0.15, -0.1) is 0 Å². The first-order chi connectivity index (χ1) is 14.0. The van der Waals surface area contributed by atoms with Crippen molar-refractivity contribution in [2.75, 3.05) is 5.43 Å². The number of nitrogens with one attached hydrogen (secondary N) is 2. The molecule has 164 valence electrons. The highest BCUT2D eigenvalue weighted by molar-refractivity contribution is 7.89. The quantitative estimate of drug-likeness (QED) is 0.629. The molecule has 2 aromatic rings. The fourth-order valence-electron chi connectivity index (χ4n) is 3.23. The average molecular weight is 440 g/mol. The van der Waals surface area contributed by atoms with Crippen LogP contribution in [0.15, 0.2) is 39.3 Å².